The molecule has 2 N–H and O–H groups in total. The Balaban J connectivity index is 1.47. The summed E-state index contributed by atoms with van der Waals surface area (Å²) in [6.07, 6.45) is 3.00. The maximum Gasteiger partial charge on any atom is 0.319 e. The van der Waals surface area contributed by atoms with Gasteiger partial charge in [0, 0.05) is 18.3 Å². The summed E-state index contributed by atoms with van der Waals surface area (Å²) >= 11 is 0. The molecule has 2 amide bonds. The Labute approximate surface area is 136 Å². The normalized spacial score (nSPS) is 22.7. The van der Waals surface area contributed by atoms with Gasteiger partial charge < -0.3 is 15.4 Å². The second kappa shape index (κ2) is 6.88. The Bertz CT molecular complexity index is 670. The molecular formula is C16H22N2O4S. The van der Waals surface area contributed by atoms with E-state index in [-0.39, 0.29) is 23.6 Å². The van der Waals surface area contributed by atoms with Gasteiger partial charge in [0.1, 0.15) is 0 Å². The lowest BCUT2D eigenvalue weighted by Crippen LogP contribution is -2.38. The number of sulfone groups is 1. The molecule has 0 spiro atoms. The van der Waals surface area contributed by atoms with Crippen molar-refractivity contribution >= 4 is 21.6 Å². The molecular weight excluding hydrogens is 316 g/mol. The first-order chi connectivity index (χ1) is 11.0. The molecule has 1 aromatic rings. The highest BCUT2D eigenvalue weighted by Gasteiger charge is 2.28. The molecule has 6 nitrogen and oxygen atoms in total. The van der Waals surface area contributed by atoms with Gasteiger partial charge in [-0.2, -0.15) is 0 Å². The molecule has 7 heteroatoms. The van der Waals surface area contributed by atoms with E-state index in [0.717, 1.165) is 18.1 Å². The van der Waals surface area contributed by atoms with Crippen LogP contribution in [-0.4, -0.2) is 38.6 Å². The van der Waals surface area contributed by atoms with E-state index >= 15 is 0 Å². The number of carbonyl (C=O) groups excluding carboxylic acids is 1. The van der Waals surface area contributed by atoms with Gasteiger partial charge in [-0.1, -0.05) is 12.1 Å². The zero-order chi connectivity index (χ0) is 16.3. The summed E-state index contributed by atoms with van der Waals surface area (Å²) in [5, 5.41) is 5.46. The number of urea groups is 1. The predicted molar refractivity (Wildman–Crippen MR) is 88.0 cm³/mol. The topological polar surface area (TPSA) is 84.5 Å². The average molecular weight is 338 g/mol. The van der Waals surface area contributed by atoms with E-state index < -0.39 is 9.84 Å². The van der Waals surface area contributed by atoms with Crippen molar-refractivity contribution in [2.45, 2.75) is 31.9 Å². The fourth-order valence-electron chi connectivity index (χ4n) is 2.63. The van der Waals surface area contributed by atoms with E-state index in [1.807, 2.05) is 18.2 Å². The van der Waals surface area contributed by atoms with Gasteiger partial charge in [0.05, 0.1) is 18.1 Å². The second-order valence-corrected chi connectivity index (χ2v) is 8.59. The van der Waals surface area contributed by atoms with E-state index in [2.05, 4.69) is 10.6 Å². The molecule has 1 saturated heterocycles. The van der Waals surface area contributed by atoms with Gasteiger partial charge in [0.15, 0.2) is 9.84 Å². The molecule has 0 radical (unpaired) electrons. The number of rotatable bonds is 6. The zero-order valence-corrected chi connectivity index (χ0v) is 13.8. The summed E-state index contributed by atoms with van der Waals surface area (Å²) in [6, 6.07) is 6.83. The van der Waals surface area contributed by atoms with E-state index in [0.29, 0.717) is 18.7 Å². The lowest BCUT2D eigenvalue weighted by atomic mass is 10.2. The van der Waals surface area contributed by atoms with Gasteiger partial charge in [0.2, 0.25) is 0 Å². The van der Waals surface area contributed by atoms with Gasteiger partial charge >= 0.3 is 6.03 Å². The maximum absolute atomic E-state index is 12.0. The summed E-state index contributed by atoms with van der Waals surface area (Å²) in [5.74, 6) is 0.895. The first kappa shape index (κ1) is 16.3. The number of benzene rings is 1. The highest BCUT2D eigenvalue weighted by Crippen LogP contribution is 2.29. The molecule has 1 unspecified atom stereocenters. The molecule has 1 heterocycles. The van der Waals surface area contributed by atoms with Crippen LogP contribution < -0.4 is 10.6 Å². The maximum atomic E-state index is 12.0. The number of anilines is 1. The lowest BCUT2D eigenvalue weighted by Gasteiger charge is -2.13. The Kier molecular flexibility index (Phi) is 4.87. The van der Waals surface area contributed by atoms with Crippen LogP contribution in [-0.2, 0) is 21.2 Å². The molecule has 23 heavy (non-hydrogen) atoms. The van der Waals surface area contributed by atoms with Crippen molar-refractivity contribution in [1.29, 1.82) is 0 Å². The van der Waals surface area contributed by atoms with Crippen LogP contribution in [0.2, 0.25) is 0 Å². The number of amides is 2. The third-order valence-corrected chi connectivity index (χ3v) is 5.84. The SMILES string of the molecule is O=C(Nc1cccc(COCC2CC2)c1)NC1CCS(=O)(=O)C1. The number of hydrogen-bond acceptors (Lipinski definition) is 4. The van der Waals surface area contributed by atoms with Crippen LogP contribution in [0.5, 0.6) is 0 Å². The van der Waals surface area contributed by atoms with E-state index in [1.54, 1.807) is 6.07 Å². The van der Waals surface area contributed by atoms with Crippen LogP contribution >= 0.6 is 0 Å². The molecule has 0 bridgehead atoms. The van der Waals surface area contributed by atoms with Crippen LogP contribution in [0.3, 0.4) is 0 Å². The Hall–Kier alpha value is -1.60. The van der Waals surface area contributed by atoms with Crippen LogP contribution in [0, 0.1) is 5.92 Å². The van der Waals surface area contributed by atoms with Crippen LogP contribution in [0.25, 0.3) is 0 Å². The number of hydrogen-bond donors (Lipinski definition) is 2. The van der Waals surface area contributed by atoms with E-state index in [1.165, 1.54) is 12.8 Å². The third kappa shape index (κ3) is 5.21. The largest absolute Gasteiger partial charge is 0.376 e. The Morgan fingerprint density at radius 1 is 1.26 bits per heavy atom. The molecule has 3 rings (SSSR count). The summed E-state index contributed by atoms with van der Waals surface area (Å²) in [6.45, 7) is 1.34. The number of carbonyl (C=O) groups is 1. The van der Waals surface area contributed by atoms with E-state index in [9.17, 15) is 13.2 Å². The molecule has 1 aromatic carbocycles. The number of nitrogens with one attached hydrogen (secondary N) is 2. The van der Waals surface area contributed by atoms with Crippen molar-refractivity contribution in [2.75, 3.05) is 23.4 Å². The zero-order valence-electron chi connectivity index (χ0n) is 13.0. The van der Waals surface area contributed by atoms with Crippen LogP contribution in [0.1, 0.15) is 24.8 Å². The molecule has 1 atom stereocenters. The van der Waals surface area contributed by atoms with Gasteiger partial charge in [-0.15, -0.1) is 0 Å². The van der Waals surface area contributed by atoms with Gasteiger partial charge in [-0.05, 0) is 42.9 Å². The lowest BCUT2D eigenvalue weighted by molar-refractivity contribution is 0.111. The Morgan fingerprint density at radius 3 is 2.78 bits per heavy atom. The van der Waals surface area contributed by atoms with Crippen molar-refractivity contribution in [1.82, 2.24) is 5.32 Å². The van der Waals surface area contributed by atoms with Gasteiger partial charge in [-0.3, -0.25) is 0 Å². The fourth-order valence-corrected chi connectivity index (χ4v) is 4.30. The summed E-state index contributed by atoms with van der Waals surface area (Å²) in [4.78, 5) is 12.0. The van der Waals surface area contributed by atoms with Gasteiger partial charge in [-0.25, -0.2) is 13.2 Å². The minimum Gasteiger partial charge on any atom is -0.376 e. The van der Waals surface area contributed by atoms with Crippen molar-refractivity contribution in [2.24, 2.45) is 5.92 Å². The van der Waals surface area contributed by atoms with Crippen LogP contribution in [0.4, 0.5) is 10.5 Å². The molecule has 1 saturated carbocycles. The Morgan fingerprint density at radius 2 is 2.09 bits per heavy atom. The third-order valence-electron chi connectivity index (χ3n) is 4.07. The van der Waals surface area contributed by atoms with Crippen molar-refractivity contribution < 1.29 is 17.9 Å². The van der Waals surface area contributed by atoms with Crippen molar-refractivity contribution in [3.8, 4) is 0 Å². The molecule has 2 aliphatic rings. The van der Waals surface area contributed by atoms with Crippen molar-refractivity contribution in [3.63, 3.8) is 0 Å². The molecule has 1 aliphatic carbocycles. The molecule has 2 fully saturated rings. The van der Waals surface area contributed by atoms with Gasteiger partial charge in [0.25, 0.3) is 0 Å². The number of ether oxygens (including phenoxy) is 1. The summed E-state index contributed by atoms with van der Waals surface area (Å²) < 4.78 is 28.4. The summed E-state index contributed by atoms with van der Waals surface area (Å²) in [7, 11) is -2.99. The monoisotopic (exact) mass is 338 g/mol. The quantitative estimate of drug-likeness (QED) is 0.830. The average Bonchev–Trinajstić information content (AvgIpc) is 3.23. The van der Waals surface area contributed by atoms with Crippen LogP contribution in [0.15, 0.2) is 24.3 Å². The predicted octanol–water partition coefficient (Wildman–Crippen LogP) is 1.92. The van der Waals surface area contributed by atoms with Crippen molar-refractivity contribution in [3.05, 3.63) is 29.8 Å². The second-order valence-electron chi connectivity index (χ2n) is 6.36. The fraction of sp³-hybridized carbons (Fsp3) is 0.562. The van der Waals surface area contributed by atoms with E-state index in [4.69, 9.17) is 4.74 Å². The first-order valence-electron chi connectivity index (χ1n) is 7.95. The summed E-state index contributed by atoms with van der Waals surface area (Å²) in [5.41, 5.74) is 1.68. The first-order valence-corrected chi connectivity index (χ1v) is 9.77. The highest BCUT2D eigenvalue weighted by molar-refractivity contribution is 7.91. The molecule has 0 aromatic heterocycles. The minimum absolute atomic E-state index is 0.0233. The molecule has 1 aliphatic heterocycles. The standard InChI is InChI=1S/C16H22N2O4S/c19-16(18-15-6-7-23(20,21)11-15)17-14-3-1-2-13(8-14)10-22-9-12-4-5-12/h1-3,8,12,15H,4-7,9-11H2,(H2,17,18,19). The highest BCUT2D eigenvalue weighted by atomic mass is 32.2. The minimum atomic E-state index is -2.99. The smallest absolute Gasteiger partial charge is 0.319 e. The molecule has 126 valence electrons.